The van der Waals surface area contributed by atoms with Crippen molar-refractivity contribution in [3.63, 3.8) is 0 Å². The maximum absolute atomic E-state index is 6.14. The average Bonchev–Trinajstić information content (AvgIpc) is 3.12. The van der Waals surface area contributed by atoms with Crippen LogP contribution >= 0.6 is 23.2 Å². The van der Waals surface area contributed by atoms with Gasteiger partial charge in [-0.05, 0) is 55.5 Å². The molecule has 29 heavy (non-hydrogen) atoms. The van der Waals surface area contributed by atoms with Crippen LogP contribution in [0.5, 0.6) is 0 Å². The third-order valence-corrected chi connectivity index (χ3v) is 6.22. The molecule has 1 aliphatic carbocycles. The van der Waals surface area contributed by atoms with E-state index in [1.807, 2.05) is 42.6 Å². The molecule has 0 bridgehead atoms. The fourth-order valence-corrected chi connectivity index (χ4v) is 4.48. The van der Waals surface area contributed by atoms with Gasteiger partial charge in [0.15, 0.2) is 5.65 Å². The molecule has 1 aliphatic rings. The first-order valence-corrected chi connectivity index (χ1v) is 10.9. The van der Waals surface area contributed by atoms with E-state index in [2.05, 4.69) is 16.6 Å². The molecule has 0 spiro atoms. The van der Waals surface area contributed by atoms with Gasteiger partial charge in [-0.3, -0.25) is 0 Å². The second-order valence-electron chi connectivity index (χ2n) is 7.61. The van der Waals surface area contributed by atoms with Gasteiger partial charge in [-0.25, -0.2) is 9.50 Å². The molecule has 3 nitrogen and oxygen atoms in total. The predicted molar refractivity (Wildman–Crippen MR) is 120 cm³/mol. The first-order chi connectivity index (χ1) is 14.2. The normalized spacial score (nSPS) is 14.4. The summed E-state index contributed by atoms with van der Waals surface area (Å²) in [6, 6.07) is 15.9. The summed E-state index contributed by atoms with van der Waals surface area (Å²) < 4.78 is 2.06. The molecule has 5 rings (SSSR count). The highest BCUT2D eigenvalue weighted by Crippen LogP contribution is 2.34. The van der Waals surface area contributed by atoms with E-state index >= 15 is 0 Å². The zero-order valence-corrected chi connectivity index (χ0v) is 17.5. The van der Waals surface area contributed by atoms with Crippen LogP contribution in [0.3, 0.4) is 0 Å². The molecule has 0 atom stereocenters. The Balaban J connectivity index is 1.77. The highest BCUT2D eigenvalue weighted by molar-refractivity contribution is 6.30. The minimum Gasteiger partial charge on any atom is -0.228 e. The van der Waals surface area contributed by atoms with Gasteiger partial charge in [-0.15, -0.1) is 0 Å². The van der Waals surface area contributed by atoms with Crippen LogP contribution in [0.15, 0.2) is 54.7 Å². The second-order valence-corrected chi connectivity index (χ2v) is 8.48. The Morgan fingerprint density at radius 3 is 2.03 bits per heavy atom. The first kappa shape index (κ1) is 18.7. The number of aromatic nitrogens is 3. The summed E-state index contributed by atoms with van der Waals surface area (Å²) in [4.78, 5) is 5.14. The highest BCUT2D eigenvalue weighted by atomic mass is 35.5. The van der Waals surface area contributed by atoms with Crippen molar-refractivity contribution in [3.05, 3.63) is 76.0 Å². The number of aryl methyl sites for hydroxylation is 1. The SMILES string of the molecule is Clc1ccc(-c2nc3c(-c4ccc(Cl)cc4)cnn3c3c2CCCCCC3)cc1. The lowest BCUT2D eigenvalue weighted by atomic mass is 9.93. The fraction of sp³-hybridized carbons (Fsp3) is 0.250. The number of fused-ring (bicyclic) bond motifs is 3. The first-order valence-electron chi connectivity index (χ1n) is 10.1. The van der Waals surface area contributed by atoms with Crippen LogP contribution in [0.1, 0.15) is 36.9 Å². The van der Waals surface area contributed by atoms with Gasteiger partial charge in [-0.2, -0.15) is 5.10 Å². The molecule has 0 unspecified atom stereocenters. The molecule has 2 heterocycles. The Labute approximate surface area is 180 Å². The van der Waals surface area contributed by atoms with Crippen molar-refractivity contribution in [3.8, 4) is 22.4 Å². The molecule has 2 aromatic heterocycles. The van der Waals surface area contributed by atoms with Crippen molar-refractivity contribution in [2.24, 2.45) is 0 Å². The lowest BCUT2D eigenvalue weighted by molar-refractivity contribution is 0.597. The summed E-state index contributed by atoms with van der Waals surface area (Å²) in [7, 11) is 0. The molecule has 4 aromatic rings. The summed E-state index contributed by atoms with van der Waals surface area (Å²) in [5, 5.41) is 6.22. The number of rotatable bonds is 2. The summed E-state index contributed by atoms with van der Waals surface area (Å²) >= 11 is 12.2. The molecular weight excluding hydrogens is 401 g/mol. The van der Waals surface area contributed by atoms with Crippen LogP contribution < -0.4 is 0 Å². The van der Waals surface area contributed by atoms with Crippen LogP contribution in [0, 0.1) is 0 Å². The molecule has 0 radical (unpaired) electrons. The van der Waals surface area contributed by atoms with E-state index < -0.39 is 0 Å². The van der Waals surface area contributed by atoms with Crippen LogP contribution in [-0.4, -0.2) is 14.6 Å². The standard InChI is InChI=1S/C24H21Cl2N3/c25-18-11-7-16(8-12-18)21-15-27-29-22-6-4-2-1-3-5-20(22)23(28-24(21)29)17-9-13-19(26)14-10-17/h7-15H,1-6H2. The molecule has 0 amide bonds. The monoisotopic (exact) mass is 421 g/mol. The molecule has 146 valence electrons. The maximum atomic E-state index is 6.14. The Morgan fingerprint density at radius 1 is 0.724 bits per heavy atom. The minimum absolute atomic E-state index is 0.727. The van der Waals surface area contributed by atoms with Crippen molar-refractivity contribution in [2.75, 3.05) is 0 Å². The van der Waals surface area contributed by atoms with E-state index in [1.54, 1.807) is 0 Å². The second kappa shape index (κ2) is 7.81. The molecule has 0 aliphatic heterocycles. The number of benzene rings is 2. The Bertz CT molecular complexity index is 1160. The van der Waals surface area contributed by atoms with Gasteiger partial charge in [0.05, 0.1) is 11.9 Å². The molecule has 2 aromatic carbocycles. The summed E-state index contributed by atoms with van der Waals surface area (Å²) in [5.41, 5.74) is 7.78. The van der Waals surface area contributed by atoms with Crippen molar-refractivity contribution >= 4 is 28.8 Å². The molecule has 0 saturated carbocycles. The minimum atomic E-state index is 0.727. The topological polar surface area (TPSA) is 30.2 Å². The van der Waals surface area contributed by atoms with E-state index in [0.717, 1.165) is 50.9 Å². The van der Waals surface area contributed by atoms with E-state index in [9.17, 15) is 0 Å². The Morgan fingerprint density at radius 2 is 1.34 bits per heavy atom. The van der Waals surface area contributed by atoms with Gasteiger partial charge in [0.2, 0.25) is 0 Å². The third kappa shape index (κ3) is 3.54. The summed E-state index contributed by atoms with van der Waals surface area (Å²) in [6.45, 7) is 0. The van der Waals surface area contributed by atoms with Gasteiger partial charge in [0.1, 0.15) is 0 Å². The van der Waals surface area contributed by atoms with Gasteiger partial charge in [-0.1, -0.05) is 60.3 Å². The summed E-state index contributed by atoms with van der Waals surface area (Å²) in [6.07, 6.45) is 8.89. The van der Waals surface area contributed by atoms with Crippen molar-refractivity contribution in [1.29, 1.82) is 0 Å². The van der Waals surface area contributed by atoms with E-state index in [0.29, 0.717) is 0 Å². The van der Waals surface area contributed by atoms with Crippen LogP contribution in [-0.2, 0) is 12.8 Å². The van der Waals surface area contributed by atoms with Gasteiger partial charge < -0.3 is 0 Å². The maximum Gasteiger partial charge on any atom is 0.163 e. The quantitative estimate of drug-likeness (QED) is 0.347. The van der Waals surface area contributed by atoms with E-state index in [1.165, 1.54) is 36.9 Å². The van der Waals surface area contributed by atoms with Crippen molar-refractivity contribution in [1.82, 2.24) is 14.6 Å². The highest BCUT2D eigenvalue weighted by Gasteiger charge is 2.21. The summed E-state index contributed by atoms with van der Waals surface area (Å²) in [5.74, 6) is 0. The molecule has 5 heteroatoms. The Hall–Kier alpha value is -2.36. The zero-order chi connectivity index (χ0) is 19.8. The van der Waals surface area contributed by atoms with Crippen LogP contribution in [0.4, 0.5) is 0 Å². The van der Waals surface area contributed by atoms with Gasteiger partial charge >= 0.3 is 0 Å². The number of nitrogens with zero attached hydrogens (tertiary/aromatic N) is 3. The Kier molecular flexibility index (Phi) is 5.03. The van der Waals surface area contributed by atoms with Crippen molar-refractivity contribution < 1.29 is 0 Å². The van der Waals surface area contributed by atoms with Crippen molar-refractivity contribution in [2.45, 2.75) is 38.5 Å². The molecule has 0 N–H and O–H groups in total. The lowest BCUT2D eigenvalue weighted by Crippen LogP contribution is -2.11. The lowest BCUT2D eigenvalue weighted by Gasteiger charge is -2.19. The number of hydrogen-bond acceptors (Lipinski definition) is 2. The predicted octanol–water partition coefficient (Wildman–Crippen LogP) is 7.03. The number of halogens is 2. The smallest absolute Gasteiger partial charge is 0.163 e. The number of hydrogen-bond donors (Lipinski definition) is 0. The van der Waals surface area contributed by atoms with Gasteiger partial charge in [0, 0.05) is 32.4 Å². The van der Waals surface area contributed by atoms with E-state index in [-0.39, 0.29) is 0 Å². The van der Waals surface area contributed by atoms with Crippen LogP contribution in [0.2, 0.25) is 10.0 Å². The molecule has 0 fully saturated rings. The van der Waals surface area contributed by atoms with Gasteiger partial charge in [0.25, 0.3) is 0 Å². The fourth-order valence-electron chi connectivity index (χ4n) is 4.23. The molecular formula is C24H21Cl2N3. The van der Waals surface area contributed by atoms with E-state index in [4.69, 9.17) is 33.3 Å². The average molecular weight is 422 g/mol. The molecule has 0 saturated heterocycles. The zero-order valence-electron chi connectivity index (χ0n) is 16.0. The largest absolute Gasteiger partial charge is 0.228 e. The van der Waals surface area contributed by atoms with Crippen LogP contribution in [0.25, 0.3) is 28.0 Å². The third-order valence-electron chi connectivity index (χ3n) is 5.71.